The minimum absolute atomic E-state index is 0.0495. The van der Waals surface area contributed by atoms with Gasteiger partial charge in [-0.05, 0) is 43.2 Å². The van der Waals surface area contributed by atoms with Gasteiger partial charge in [-0.1, -0.05) is 24.3 Å². The van der Waals surface area contributed by atoms with Gasteiger partial charge in [-0.2, -0.15) is 0 Å². The van der Waals surface area contributed by atoms with Gasteiger partial charge in [-0.25, -0.2) is 0 Å². The van der Waals surface area contributed by atoms with E-state index < -0.39 is 0 Å². The summed E-state index contributed by atoms with van der Waals surface area (Å²) < 4.78 is 1.86. The van der Waals surface area contributed by atoms with Crippen molar-refractivity contribution in [3.63, 3.8) is 0 Å². The number of para-hydroxylation sites is 1. The summed E-state index contributed by atoms with van der Waals surface area (Å²) >= 11 is 0. The Morgan fingerprint density at radius 3 is 2.61 bits per heavy atom. The molecule has 0 unspecified atom stereocenters. The Balaban J connectivity index is 2.39. The minimum atomic E-state index is -0.0495. The topological polar surface area (TPSA) is 37.8 Å². The number of aromatic amines is 1. The van der Waals surface area contributed by atoms with Gasteiger partial charge in [0, 0.05) is 0 Å². The molecule has 0 saturated carbocycles. The molecule has 3 rings (SSSR count). The van der Waals surface area contributed by atoms with Crippen molar-refractivity contribution in [3.05, 3.63) is 63.9 Å². The van der Waals surface area contributed by atoms with Gasteiger partial charge >= 0.3 is 0 Å². The summed E-state index contributed by atoms with van der Waals surface area (Å²) in [5.74, 6) is 0. The lowest BCUT2D eigenvalue weighted by molar-refractivity contribution is 0.881. The average Bonchev–Trinajstić information content (AvgIpc) is 2.71. The predicted octanol–water partition coefficient (Wildman–Crippen LogP) is 2.94. The Bertz CT molecular complexity index is 781. The zero-order chi connectivity index (χ0) is 12.7. The molecule has 18 heavy (non-hydrogen) atoms. The summed E-state index contributed by atoms with van der Waals surface area (Å²) in [4.78, 5) is 11.9. The van der Waals surface area contributed by atoms with Crippen molar-refractivity contribution >= 4 is 10.9 Å². The van der Waals surface area contributed by atoms with Gasteiger partial charge in [0.1, 0.15) is 0 Å². The number of fused-ring (bicyclic) bond motifs is 1. The van der Waals surface area contributed by atoms with Crippen LogP contribution < -0.4 is 5.56 Å². The molecule has 0 bridgehead atoms. The Morgan fingerprint density at radius 2 is 1.78 bits per heavy atom. The maximum atomic E-state index is 11.9. The van der Waals surface area contributed by atoms with Crippen molar-refractivity contribution in [2.24, 2.45) is 0 Å². The number of aromatic nitrogens is 2. The fourth-order valence-corrected chi connectivity index (χ4v) is 2.25. The van der Waals surface area contributed by atoms with Crippen LogP contribution in [0.5, 0.6) is 0 Å². The van der Waals surface area contributed by atoms with Gasteiger partial charge in [-0.3, -0.25) is 14.6 Å². The predicted molar refractivity (Wildman–Crippen MR) is 73.4 cm³/mol. The first-order chi connectivity index (χ1) is 8.68. The number of hydrogen-bond donors (Lipinski definition) is 1. The molecule has 0 fully saturated rings. The smallest absolute Gasteiger partial charge is 0.267 e. The summed E-state index contributed by atoms with van der Waals surface area (Å²) in [5.41, 5.74) is 4.27. The highest BCUT2D eigenvalue weighted by molar-refractivity contribution is 5.80. The molecule has 0 atom stereocenters. The number of rotatable bonds is 1. The quantitative estimate of drug-likeness (QED) is 0.695. The van der Waals surface area contributed by atoms with Crippen LogP contribution in [-0.2, 0) is 0 Å². The van der Waals surface area contributed by atoms with E-state index in [1.807, 2.05) is 41.1 Å². The van der Waals surface area contributed by atoms with Crippen molar-refractivity contribution < 1.29 is 0 Å². The molecule has 0 radical (unpaired) electrons. The van der Waals surface area contributed by atoms with Crippen molar-refractivity contribution in [2.75, 3.05) is 0 Å². The van der Waals surface area contributed by atoms with Crippen LogP contribution in [0.4, 0.5) is 0 Å². The number of H-pyrrole nitrogens is 1. The zero-order valence-corrected chi connectivity index (χ0v) is 10.4. The highest BCUT2D eigenvalue weighted by atomic mass is 16.1. The van der Waals surface area contributed by atoms with E-state index in [1.165, 1.54) is 11.1 Å². The van der Waals surface area contributed by atoms with E-state index in [2.05, 4.69) is 25.0 Å². The highest BCUT2D eigenvalue weighted by Gasteiger charge is 2.09. The fraction of sp³-hybridized carbons (Fsp3) is 0.133. The Kier molecular flexibility index (Phi) is 2.33. The van der Waals surface area contributed by atoms with Crippen LogP contribution in [-0.4, -0.2) is 9.78 Å². The van der Waals surface area contributed by atoms with Gasteiger partial charge in [0.15, 0.2) is 0 Å². The summed E-state index contributed by atoms with van der Waals surface area (Å²) in [6.45, 7) is 4.14. The lowest BCUT2D eigenvalue weighted by Gasteiger charge is -2.10. The van der Waals surface area contributed by atoms with Crippen LogP contribution in [0.1, 0.15) is 11.1 Å². The van der Waals surface area contributed by atoms with Crippen LogP contribution in [0.2, 0.25) is 0 Å². The van der Waals surface area contributed by atoms with E-state index in [4.69, 9.17) is 0 Å². The van der Waals surface area contributed by atoms with Crippen molar-refractivity contribution in [1.82, 2.24) is 9.78 Å². The Labute approximate surface area is 105 Å². The molecule has 0 spiro atoms. The second-order valence-electron chi connectivity index (χ2n) is 4.51. The summed E-state index contributed by atoms with van der Waals surface area (Å²) in [6.07, 6.45) is 0. The van der Waals surface area contributed by atoms with E-state index in [0.717, 1.165) is 16.6 Å². The summed E-state index contributed by atoms with van der Waals surface area (Å²) in [7, 11) is 0. The van der Waals surface area contributed by atoms with Gasteiger partial charge in [-0.15, -0.1) is 0 Å². The number of nitrogens with one attached hydrogen (secondary N) is 1. The average molecular weight is 238 g/mol. The SMILES string of the molecule is Cc1cccc(-n2[nH]c(=O)c3ccccc32)c1C. The molecule has 0 aliphatic carbocycles. The molecule has 1 heterocycles. The third-order valence-corrected chi connectivity index (χ3v) is 3.42. The monoisotopic (exact) mass is 238 g/mol. The molecular formula is C15H14N2O. The molecule has 2 aromatic carbocycles. The molecule has 0 saturated heterocycles. The van der Waals surface area contributed by atoms with Gasteiger partial charge in [0.05, 0.1) is 16.6 Å². The molecule has 3 aromatic rings. The largest absolute Gasteiger partial charge is 0.272 e. The maximum Gasteiger partial charge on any atom is 0.272 e. The van der Waals surface area contributed by atoms with Crippen molar-refractivity contribution in [1.29, 1.82) is 0 Å². The molecule has 90 valence electrons. The van der Waals surface area contributed by atoms with Crippen LogP contribution in [0.25, 0.3) is 16.6 Å². The van der Waals surface area contributed by atoms with E-state index in [9.17, 15) is 4.79 Å². The summed E-state index contributed by atoms with van der Waals surface area (Å²) in [5, 5.41) is 3.62. The molecule has 0 amide bonds. The lowest BCUT2D eigenvalue weighted by atomic mass is 10.1. The Hall–Kier alpha value is -2.29. The second kappa shape index (κ2) is 3.88. The molecule has 1 aromatic heterocycles. The summed E-state index contributed by atoms with van der Waals surface area (Å²) in [6, 6.07) is 13.7. The first-order valence-corrected chi connectivity index (χ1v) is 5.95. The number of benzene rings is 2. The van der Waals surface area contributed by atoms with Crippen LogP contribution in [0, 0.1) is 13.8 Å². The van der Waals surface area contributed by atoms with Crippen LogP contribution >= 0.6 is 0 Å². The normalized spacial score (nSPS) is 11.0. The first-order valence-electron chi connectivity index (χ1n) is 5.95. The van der Waals surface area contributed by atoms with Crippen molar-refractivity contribution in [2.45, 2.75) is 13.8 Å². The number of aryl methyl sites for hydroxylation is 1. The van der Waals surface area contributed by atoms with E-state index in [0.29, 0.717) is 0 Å². The van der Waals surface area contributed by atoms with Crippen LogP contribution in [0.15, 0.2) is 47.3 Å². The highest BCUT2D eigenvalue weighted by Crippen LogP contribution is 2.20. The molecule has 0 aliphatic rings. The lowest BCUT2D eigenvalue weighted by Crippen LogP contribution is -2.05. The van der Waals surface area contributed by atoms with E-state index in [-0.39, 0.29) is 5.56 Å². The zero-order valence-electron chi connectivity index (χ0n) is 10.4. The number of nitrogens with zero attached hydrogens (tertiary/aromatic N) is 1. The second-order valence-corrected chi connectivity index (χ2v) is 4.51. The standard InChI is InChI=1S/C15H14N2O/c1-10-6-5-9-13(11(10)2)17-14-8-4-3-7-12(14)15(18)16-17/h3-9H,1-2H3,(H,16,18). The number of hydrogen-bond acceptors (Lipinski definition) is 1. The van der Waals surface area contributed by atoms with Gasteiger partial charge in [0.25, 0.3) is 5.56 Å². The fourth-order valence-electron chi connectivity index (χ4n) is 2.25. The molecule has 3 nitrogen and oxygen atoms in total. The minimum Gasteiger partial charge on any atom is -0.267 e. The Morgan fingerprint density at radius 1 is 1.00 bits per heavy atom. The van der Waals surface area contributed by atoms with Crippen molar-refractivity contribution in [3.8, 4) is 5.69 Å². The molecular weight excluding hydrogens is 224 g/mol. The van der Waals surface area contributed by atoms with E-state index >= 15 is 0 Å². The van der Waals surface area contributed by atoms with Gasteiger partial charge < -0.3 is 0 Å². The maximum absolute atomic E-state index is 11.9. The molecule has 1 N–H and O–H groups in total. The third-order valence-electron chi connectivity index (χ3n) is 3.42. The molecule has 3 heteroatoms. The molecule has 0 aliphatic heterocycles. The van der Waals surface area contributed by atoms with Crippen LogP contribution in [0.3, 0.4) is 0 Å². The van der Waals surface area contributed by atoms with Gasteiger partial charge in [0.2, 0.25) is 0 Å². The third kappa shape index (κ3) is 1.48. The first kappa shape index (κ1) is 10.8. The van der Waals surface area contributed by atoms with E-state index in [1.54, 1.807) is 0 Å².